The third kappa shape index (κ3) is 7.12. The molecular formula is C32H26Cl2FeN2O. The second kappa shape index (κ2) is 13.9. The second-order valence-corrected chi connectivity index (χ2v) is 10.2. The first kappa shape index (κ1) is 27.6. The number of furan rings is 1. The van der Waals surface area contributed by atoms with Crippen LogP contribution in [-0.4, -0.2) is 11.4 Å². The summed E-state index contributed by atoms with van der Waals surface area (Å²) in [6.45, 7) is 3.95. The molecule has 38 heavy (non-hydrogen) atoms. The van der Waals surface area contributed by atoms with E-state index in [0.717, 1.165) is 56.6 Å². The van der Waals surface area contributed by atoms with Gasteiger partial charge in [0.25, 0.3) is 0 Å². The zero-order valence-electron chi connectivity index (χ0n) is 21.0. The van der Waals surface area contributed by atoms with Gasteiger partial charge in [-0.15, -0.1) is 0 Å². The van der Waals surface area contributed by atoms with Gasteiger partial charge in [-0.2, -0.15) is 0 Å². The van der Waals surface area contributed by atoms with Crippen LogP contribution in [-0.2, 0) is 13.1 Å². The summed E-state index contributed by atoms with van der Waals surface area (Å²) < 4.78 is 6.18. The number of halogens is 2. The van der Waals surface area contributed by atoms with Gasteiger partial charge in [0.2, 0.25) is 0 Å². The molecule has 0 fully saturated rings. The molecule has 0 spiro atoms. The molecule has 0 N–H and O–H groups in total. The van der Waals surface area contributed by atoms with Gasteiger partial charge in [0.15, 0.2) is 0 Å². The first-order valence-corrected chi connectivity index (χ1v) is 15.0. The Hall–Kier alpha value is -3.40. The van der Waals surface area contributed by atoms with Crippen LogP contribution in [0.2, 0.25) is 0 Å². The van der Waals surface area contributed by atoms with Gasteiger partial charge in [-0.3, -0.25) is 0 Å². The summed E-state index contributed by atoms with van der Waals surface area (Å²) in [4.78, 5) is 9.80. The number of para-hydroxylation sites is 2. The third-order valence-electron chi connectivity index (χ3n) is 5.87. The fourth-order valence-corrected chi connectivity index (χ4v) is 4.06. The number of rotatable bonds is 6. The summed E-state index contributed by atoms with van der Waals surface area (Å²) in [5.74, 6) is 1.46. The van der Waals surface area contributed by atoms with Crippen LogP contribution in [0, 0.1) is 0 Å². The Morgan fingerprint density at radius 1 is 0.526 bits per heavy atom. The van der Waals surface area contributed by atoms with Gasteiger partial charge < -0.3 is 4.42 Å². The molecule has 0 radical (unpaired) electrons. The van der Waals surface area contributed by atoms with Crippen molar-refractivity contribution in [2.45, 2.75) is 13.8 Å². The summed E-state index contributed by atoms with van der Waals surface area (Å²) in [7, 11) is 9.53. The van der Waals surface area contributed by atoms with Gasteiger partial charge in [0.05, 0.1) is 22.8 Å². The standard InChI is InChI=1S/C32H26N2O.2ClH.Fe/c1-23(33-29-19-11-9-17-27(29)25-13-5-3-6-14-25)31-21-22-32(35-31)24(2)34-30-20-12-10-18-28(30)26-15-7-4-8-16-26;;;/h3-22H,1-2H3;2*1H;/q;;;+2/p-2. The normalized spacial score (nSPS) is 11.7. The van der Waals surface area contributed by atoms with Crippen LogP contribution in [0.5, 0.6) is 0 Å². The van der Waals surface area contributed by atoms with Crippen LogP contribution in [0.15, 0.2) is 136 Å². The van der Waals surface area contributed by atoms with Crippen molar-refractivity contribution in [3.8, 4) is 22.3 Å². The van der Waals surface area contributed by atoms with E-state index >= 15 is 0 Å². The van der Waals surface area contributed by atoms with E-state index in [2.05, 4.69) is 36.4 Å². The minimum absolute atomic E-state index is 0.194. The summed E-state index contributed by atoms with van der Waals surface area (Å²) in [5.41, 5.74) is 7.92. The van der Waals surface area contributed by atoms with Crippen LogP contribution >= 0.6 is 20.2 Å². The Balaban J connectivity index is 0.00000107. The van der Waals surface area contributed by atoms with E-state index in [-0.39, 0.29) is 13.1 Å². The zero-order chi connectivity index (χ0) is 26.7. The van der Waals surface area contributed by atoms with Crippen LogP contribution in [0.1, 0.15) is 25.4 Å². The molecule has 0 unspecified atom stereocenters. The molecule has 5 aromatic rings. The molecule has 0 aliphatic heterocycles. The van der Waals surface area contributed by atoms with Gasteiger partial charge in [-0.1, -0.05) is 97.1 Å². The molecule has 1 aromatic heterocycles. The second-order valence-electron chi connectivity index (χ2n) is 8.38. The maximum absolute atomic E-state index is 6.18. The van der Waals surface area contributed by atoms with Crippen LogP contribution in [0.4, 0.5) is 11.4 Å². The summed E-state index contributed by atoms with van der Waals surface area (Å²) in [6, 6.07) is 40.9. The van der Waals surface area contributed by atoms with Crippen molar-refractivity contribution in [1.82, 2.24) is 0 Å². The van der Waals surface area contributed by atoms with Crippen LogP contribution in [0.3, 0.4) is 0 Å². The molecule has 5 rings (SSSR count). The van der Waals surface area contributed by atoms with E-state index in [1.807, 2.05) is 98.8 Å². The molecule has 0 atom stereocenters. The number of nitrogens with zero attached hydrogens (tertiary/aromatic N) is 2. The molecule has 0 aliphatic carbocycles. The summed E-state index contributed by atoms with van der Waals surface area (Å²) in [6.07, 6.45) is 0. The van der Waals surface area contributed by atoms with Crippen molar-refractivity contribution in [1.29, 1.82) is 0 Å². The van der Waals surface area contributed by atoms with Crippen molar-refractivity contribution < 1.29 is 17.6 Å². The number of hydrogen-bond donors (Lipinski definition) is 0. The van der Waals surface area contributed by atoms with Gasteiger partial charge in [-0.25, -0.2) is 9.98 Å². The minimum atomic E-state index is 0.194. The van der Waals surface area contributed by atoms with E-state index in [0.29, 0.717) is 0 Å². The van der Waals surface area contributed by atoms with Crippen LogP contribution < -0.4 is 0 Å². The monoisotopic (exact) mass is 580 g/mol. The van der Waals surface area contributed by atoms with Gasteiger partial charge in [0.1, 0.15) is 11.5 Å². The molecule has 192 valence electrons. The van der Waals surface area contributed by atoms with E-state index in [9.17, 15) is 0 Å². The quantitative estimate of drug-likeness (QED) is 0.145. The number of aliphatic imine (C=N–C) groups is 2. The Bertz CT molecular complexity index is 1420. The Kier molecular flexibility index (Phi) is 10.1. The average Bonchev–Trinajstić information content (AvgIpc) is 3.46. The van der Waals surface area contributed by atoms with E-state index in [1.54, 1.807) is 0 Å². The Labute approximate surface area is 238 Å². The van der Waals surface area contributed by atoms with E-state index in [4.69, 9.17) is 34.6 Å². The fraction of sp³-hybridized carbons (Fsp3) is 0.0625. The van der Waals surface area contributed by atoms with Crippen molar-refractivity contribution in [2.24, 2.45) is 9.98 Å². The van der Waals surface area contributed by atoms with Crippen LogP contribution in [0.25, 0.3) is 22.3 Å². The van der Waals surface area contributed by atoms with Crippen molar-refractivity contribution in [2.75, 3.05) is 0 Å². The topological polar surface area (TPSA) is 37.9 Å². The van der Waals surface area contributed by atoms with E-state index < -0.39 is 0 Å². The fourth-order valence-electron chi connectivity index (χ4n) is 4.06. The van der Waals surface area contributed by atoms with Gasteiger partial charge in [-0.05, 0) is 49.2 Å². The van der Waals surface area contributed by atoms with Crippen molar-refractivity contribution >= 4 is 43.0 Å². The van der Waals surface area contributed by atoms with Crippen molar-refractivity contribution in [3.05, 3.63) is 133 Å². The van der Waals surface area contributed by atoms with Gasteiger partial charge in [0, 0.05) is 11.1 Å². The molecule has 1 heterocycles. The number of benzene rings is 4. The summed E-state index contributed by atoms with van der Waals surface area (Å²) >= 11 is 0.194. The summed E-state index contributed by atoms with van der Waals surface area (Å²) in [5, 5.41) is 0. The Morgan fingerprint density at radius 3 is 1.26 bits per heavy atom. The molecule has 0 aliphatic rings. The molecule has 4 aromatic carbocycles. The molecule has 6 heteroatoms. The molecule has 0 amide bonds. The average molecular weight is 581 g/mol. The molecule has 0 bridgehead atoms. The SMILES string of the molecule is CC(=Nc1ccccc1-c1ccccc1)c1ccc(C(C)=Nc2ccccc2-c2ccccc2)o1.[Cl][Fe][Cl]. The molecule has 3 nitrogen and oxygen atoms in total. The maximum atomic E-state index is 6.18. The van der Waals surface area contributed by atoms with Gasteiger partial charge >= 0.3 is 33.3 Å². The predicted molar refractivity (Wildman–Crippen MR) is 158 cm³/mol. The molecule has 0 saturated carbocycles. The number of hydrogen-bond acceptors (Lipinski definition) is 3. The first-order chi connectivity index (χ1) is 18.6. The predicted octanol–water partition coefficient (Wildman–Crippen LogP) is 10.3. The third-order valence-corrected chi connectivity index (χ3v) is 5.87. The first-order valence-electron chi connectivity index (χ1n) is 12.0. The van der Waals surface area contributed by atoms with Crippen molar-refractivity contribution in [3.63, 3.8) is 0 Å². The molecular weight excluding hydrogens is 555 g/mol. The Morgan fingerprint density at radius 2 is 0.868 bits per heavy atom. The zero-order valence-corrected chi connectivity index (χ0v) is 23.6. The van der Waals surface area contributed by atoms with E-state index in [1.165, 1.54) is 0 Å². The molecule has 0 saturated heterocycles.